The average Bonchev–Trinajstić information content (AvgIpc) is 3.25. The molecular formula is C18H16N6. The molecule has 0 atom stereocenters. The first-order valence-electron chi connectivity index (χ1n) is 7.75. The number of rotatable bonds is 4. The second kappa shape index (κ2) is 5.73. The third-order valence-corrected chi connectivity index (χ3v) is 4.07. The van der Waals surface area contributed by atoms with Gasteiger partial charge in [-0.15, -0.1) is 0 Å². The molecule has 118 valence electrons. The van der Waals surface area contributed by atoms with Crippen LogP contribution in [0.15, 0.2) is 47.7 Å². The van der Waals surface area contributed by atoms with Crippen molar-refractivity contribution < 1.29 is 0 Å². The van der Waals surface area contributed by atoms with Gasteiger partial charge in [-0.05, 0) is 25.3 Å². The topological polar surface area (TPSA) is 82.6 Å². The number of fused-ring (bicyclic) bond motifs is 1. The fourth-order valence-electron chi connectivity index (χ4n) is 2.92. The number of para-hydroxylation sites is 1. The lowest BCUT2D eigenvalue weighted by Gasteiger charge is -2.01. The van der Waals surface area contributed by atoms with Crippen LogP contribution in [0.2, 0.25) is 0 Å². The van der Waals surface area contributed by atoms with E-state index < -0.39 is 0 Å². The number of hydrogen-bond acceptors (Lipinski definition) is 4. The molecule has 0 bridgehead atoms. The molecule has 0 fully saturated rings. The predicted molar refractivity (Wildman–Crippen MR) is 95.5 cm³/mol. The lowest BCUT2D eigenvalue weighted by molar-refractivity contribution is 1.08. The molecule has 0 unspecified atom stereocenters. The van der Waals surface area contributed by atoms with Gasteiger partial charge in [-0.2, -0.15) is 5.10 Å². The lowest BCUT2D eigenvalue weighted by Crippen LogP contribution is -1.87. The van der Waals surface area contributed by atoms with Crippen LogP contribution in [0.3, 0.4) is 0 Å². The van der Waals surface area contributed by atoms with E-state index in [4.69, 9.17) is 4.98 Å². The fourth-order valence-corrected chi connectivity index (χ4v) is 2.92. The number of pyridine rings is 1. The zero-order chi connectivity index (χ0) is 16.5. The van der Waals surface area contributed by atoms with Gasteiger partial charge >= 0.3 is 0 Å². The van der Waals surface area contributed by atoms with E-state index in [-0.39, 0.29) is 0 Å². The smallest absolute Gasteiger partial charge is 0.176 e. The molecule has 1 aromatic carbocycles. The first-order valence-corrected chi connectivity index (χ1v) is 7.75. The number of H-pyrrole nitrogens is 2. The monoisotopic (exact) mass is 316 g/mol. The Morgan fingerprint density at radius 3 is 2.88 bits per heavy atom. The number of aromatic amines is 2. The second-order valence-electron chi connectivity index (χ2n) is 5.44. The molecule has 0 aliphatic rings. The predicted octanol–water partition coefficient (Wildman–Crippen LogP) is 3.91. The fraction of sp³-hybridized carbons (Fsp3) is 0.111. The summed E-state index contributed by atoms with van der Waals surface area (Å²) in [6, 6.07) is 10.0. The van der Waals surface area contributed by atoms with E-state index in [2.05, 4.69) is 38.8 Å². The molecule has 4 aromatic rings. The Balaban J connectivity index is 1.91. The SMILES string of the molecule is C=Nc1n[nH]c(-c2nc3c(-c4cccnc4)cccc3[nH]2)c1CC. The van der Waals surface area contributed by atoms with Crippen molar-refractivity contribution in [2.75, 3.05) is 0 Å². The average molecular weight is 316 g/mol. The summed E-state index contributed by atoms with van der Waals surface area (Å²) in [6.45, 7) is 5.64. The number of benzene rings is 1. The molecule has 24 heavy (non-hydrogen) atoms. The van der Waals surface area contributed by atoms with Crippen LogP contribution < -0.4 is 0 Å². The van der Waals surface area contributed by atoms with Crippen molar-refractivity contribution >= 4 is 23.6 Å². The second-order valence-corrected chi connectivity index (χ2v) is 5.44. The van der Waals surface area contributed by atoms with Gasteiger partial charge in [-0.3, -0.25) is 10.1 Å². The summed E-state index contributed by atoms with van der Waals surface area (Å²) in [5, 5.41) is 7.23. The summed E-state index contributed by atoms with van der Waals surface area (Å²) < 4.78 is 0. The van der Waals surface area contributed by atoms with Crippen LogP contribution in [0, 0.1) is 0 Å². The summed E-state index contributed by atoms with van der Waals surface area (Å²) in [4.78, 5) is 16.3. The van der Waals surface area contributed by atoms with Gasteiger partial charge in [0.15, 0.2) is 11.6 Å². The van der Waals surface area contributed by atoms with Crippen molar-refractivity contribution in [2.45, 2.75) is 13.3 Å². The number of hydrogen-bond donors (Lipinski definition) is 2. The Bertz CT molecular complexity index is 1010. The Morgan fingerprint density at radius 2 is 2.12 bits per heavy atom. The maximum atomic E-state index is 4.80. The third kappa shape index (κ3) is 2.20. The Kier molecular flexibility index (Phi) is 3.42. The molecule has 0 saturated heterocycles. The number of imidazole rings is 1. The van der Waals surface area contributed by atoms with E-state index in [9.17, 15) is 0 Å². The molecular weight excluding hydrogens is 300 g/mol. The minimum absolute atomic E-state index is 0.625. The van der Waals surface area contributed by atoms with E-state index in [0.29, 0.717) is 5.82 Å². The van der Waals surface area contributed by atoms with Gasteiger partial charge in [-0.1, -0.05) is 25.1 Å². The van der Waals surface area contributed by atoms with E-state index in [1.54, 1.807) is 6.20 Å². The van der Waals surface area contributed by atoms with Gasteiger partial charge in [-0.25, -0.2) is 9.98 Å². The Labute approximate surface area is 138 Å². The van der Waals surface area contributed by atoms with Gasteiger partial charge in [0.2, 0.25) is 0 Å². The standard InChI is InChI=1S/C18H16N6/c1-3-12-16(23-24-17(12)19-2)18-21-14-8-4-7-13(15(14)22-18)11-6-5-9-20-10-11/h4-10H,2-3H2,1H3,(H,21,22)(H,23,24). The van der Waals surface area contributed by atoms with Crippen LogP contribution in [-0.4, -0.2) is 31.9 Å². The Hall–Kier alpha value is -3.28. The minimum Gasteiger partial charge on any atom is -0.337 e. The van der Waals surface area contributed by atoms with Crippen molar-refractivity contribution in [2.24, 2.45) is 4.99 Å². The van der Waals surface area contributed by atoms with Crippen molar-refractivity contribution in [3.8, 4) is 22.6 Å². The van der Waals surface area contributed by atoms with Crippen molar-refractivity contribution in [1.82, 2.24) is 25.1 Å². The zero-order valence-electron chi connectivity index (χ0n) is 13.2. The largest absolute Gasteiger partial charge is 0.337 e. The van der Waals surface area contributed by atoms with Gasteiger partial charge < -0.3 is 4.98 Å². The number of aliphatic imine (C=N–C) groups is 1. The molecule has 6 nitrogen and oxygen atoms in total. The highest BCUT2D eigenvalue weighted by Gasteiger charge is 2.17. The van der Waals surface area contributed by atoms with E-state index in [1.165, 1.54) is 0 Å². The maximum Gasteiger partial charge on any atom is 0.176 e. The van der Waals surface area contributed by atoms with Crippen LogP contribution in [0.4, 0.5) is 5.82 Å². The molecule has 3 aromatic heterocycles. The van der Waals surface area contributed by atoms with Gasteiger partial charge in [0.25, 0.3) is 0 Å². The molecule has 0 saturated carbocycles. The molecule has 6 heteroatoms. The van der Waals surface area contributed by atoms with Crippen molar-refractivity contribution in [3.05, 3.63) is 48.3 Å². The highest BCUT2D eigenvalue weighted by molar-refractivity contribution is 5.93. The van der Waals surface area contributed by atoms with Crippen LogP contribution in [0.5, 0.6) is 0 Å². The summed E-state index contributed by atoms with van der Waals surface area (Å²) in [5.74, 6) is 1.38. The lowest BCUT2D eigenvalue weighted by atomic mass is 10.1. The third-order valence-electron chi connectivity index (χ3n) is 4.07. The molecule has 0 radical (unpaired) electrons. The number of aromatic nitrogens is 5. The number of nitrogens with zero attached hydrogens (tertiary/aromatic N) is 4. The summed E-state index contributed by atoms with van der Waals surface area (Å²) in [5.41, 5.74) is 5.82. The van der Waals surface area contributed by atoms with Crippen molar-refractivity contribution in [1.29, 1.82) is 0 Å². The quantitative estimate of drug-likeness (QED) is 0.560. The van der Waals surface area contributed by atoms with E-state index in [0.717, 1.165) is 45.7 Å². The van der Waals surface area contributed by atoms with E-state index >= 15 is 0 Å². The molecule has 3 heterocycles. The van der Waals surface area contributed by atoms with Gasteiger partial charge in [0.05, 0.1) is 11.0 Å². The summed E-state index contributed by atoms with van der Waals surface area (Å²) in [7, 11) is 0. The van der Waals surface area contributed by atoms with Gasteiger partial charge in [0, 0.05) is 29.1 Å². The first-order chi connectivity index (χ1) is 11.8. The molecule has 0 aliphatic heterocycles. The highest BCUT2D eigenvalue weighted by atomic mass is 15.2. The summed E-state index contributed by atoms with van der Waals surface area (Å²) in [6.07, 6.45) is 4.41. The van der Waals surface area contributed by atoms with Crippen LogP contribution in [0.1, 0.15) is 12.5 Å². The zero-order valence-corrected chi connectivity index (χ0v) is 13.2. The molecule has 0 amide bonds. The van der Waals surface area contributed by atoms with Crippen LogP contribution in [-0.2, 0) is 6.42 Å². The van der Waals surface area contributed by atoms with E-state index in [1.807, 2.05) is 36.5 Å². The summed E-state index contributed by atoms with van der Waals surface area (Å²) >= 11 is 0. The minimum atomic E-state index is 0.625. The number of nitrogens with one attached hydrogen (secondary N) is 2. The molecule has 4 rings (SSSR count). The normalized spacial score (nSPS) is 11.0. The first kappa shape index (κ1) is 14.3. The Morgan fingerprint density at radius 1 is 1.21 bits per heavy atom. The maximum absolute atomic E-state index is 4.80. The highest BCUT2D eigenvalue weighted by Crippen LogP contribution is 2.31. The molecule has 0 spiro atoms. The molecule has 2 N–H and O–H groups in total. The van der Waals surface area contributed by atoms with Crippen LogP contribution >= 0.6 is 0 Å². The van der Waals surface area contributed by atoms with Crippen molar-refractivity contribution in [3.63, 3.8) is 0 Å². The molecule has 0 aliphatic carbocycles. The van der Waals surface area contributed by atoms with Crippen LogP contribution in [0.25, 0.3) is 33.7 Å². The van der Waals surface area contributed by atoms with Gasteiger partial charge in [0.1, 0.15) is 5.69 Å².